The van der Waals surface area contributed by atoms with Gasteiger partial charge in [0.1, 0.15) is 5.60 Å². The number of hydrogen-bond acceptors (Lipinski definition) is 3. The fourth-order valence-electron chi connectivity index (χ4n) is 1.31. The maximum absolute atomic E-state index is 12.4. The van der Waals surface area contributed by atoms with Crippen LogP contribution in [0, 0.1) is 5.92 Å². The highest BCUT2D eigenvalue weighted by Crippen LogP contribution is 2.09. The van der Waals surface area contributed by atoms with Crippen LogP contribution in [0.15, 0.2) is 0 Å². The Hall–Kier alpha value is -0.910. The van der Waals surface area contributed by atoms with Crippen LogP contribution in [0.5, 0.6) is 0 Å². The first kappa shape index (κ1) is 18.1. The summed E-state index contributed by atoms with van der Waals surface area (Å²) in [6.07, 6.45) is -2.95. The molecular weight excluding hydrogens is 254 g/mol. The van der Waals surface area contributed by atoms with Gasteiger partial charge in [0.05, 0.1) is 6.04 Å². The maximum atomic E-state index is 12.4. The number of nitrogens with one attached hydrogen (secondary N) is 2. The molecule has 0 aliphatic carbocycles. The van der Waals surface area contributed by atoms with Gasteiger partial charge in [0, 0.05) is 12.6 Å². The molecule has 0 aromatic heterocycles. The summed E-state index contributed by atoms with van der Waals surface area (Å²) in [7, 11) is 0. The first-order valence-electron chi connectivity index (χ1n) is 6.54. The van der Waals surface area contributed by atoms with Crippen molar-refractivity contribution in [3.8, 4) is 0 Å². The van der Waals surface area contributed by atoms with E-state index in [0.29, 0.717) is 0 Å². The highest BCUT2D eigenvalue weighted by atomic mass is 19.3. The molecule has 0 aliphatic heterocycles. The summed E-state index contributed by atoms with van der Waals surface area (Å²) in [5.74, 6) is 0.116. The third-order valence-corrected chi connectivity index (χ3v) is 2.54. The molecule has 0 aromatic rings. The zero-order chi connectivity index (χ0) is 15.2. The highest BCUT2D eigenvalue weighted by molar-refractivity contribution is 5.68. The number of ether oxygens (including phenoxy) is 1. The number of halogens is 2. The lowest BCUT2D eigenvalue weighted by Gasteiger charge is -2.27. The Bertz CT molecular complexity index is 278. The van der Waals surface area contributed by atoms with Crippen LogP contribution in [-0.4, -0.2) is 36.7 Å². The van der Waals surface area contributed by atoms with Crippen LogP contribution in [0.2, 0.25) is 0 Å². The molecule has 0 rings (SSSR count). The molecule has 0 aromatic carbocycles. The van der Waals surface area contributed by atoms with Crippen LogP contribution >= 0.6 is 0 Å². The molecule has 0 fully saturated rings. The van der Waals surface area contributed by atoms with E-state index in [1.807, 2.05) is 13.8 Å². The van der Waals surface area contributed by atoms with Crippen molar-refractivity contribution in [1.82, 2.24) is 10.6 Å². The Kier molecular flexibility index (Phi) is 7.26. The lowest BCUT2D eigenvalue weighted by molar-refractivity contribution is 0.0484. The van der Waals surface area contributed by atoms with Crippen LogP contribution in [0.1, 0.15) is 41.5 Å². The van der Waals surface area contributed by atoms with Gasteiger partial charge in [-0.1, -0.05) is 13.8 Å². The molecule has 0 radical (unpaired) electrons. The number of carbonyl (C=O) groups excluding carboxylic acids is 1. The molecule has 19 heavy (non-hydrogen) atoms. The van der Waals surface area contributed by atoms with Crippen molar-refractivity contribution in [2.45, 2.75) is 65.7 Å². The van der Waals surface area contributed by atoms with Gasteiger partial charge in [-0.3, -0.25) is 0 Å². The predicted molar refractivity (Wildman–Crippen MR) is 71.5 cm³/mol. The van der Waals surface area contributed by atoms with E-state index in [1.54, 1.807) is 20.8 Å². The number of alkyl carbamates (subject to hydrolysis) is 1. The Labute approximate surface area is 114 Å². The Morgan fingerprint density at radius 3 is 2.11 bits per heavy atom. The van der Waals surface area contributed by atoms with Crippen molar-refractivity contribution in [1.29, 1.82) is 0 Å². The minimum atomic E-state index is -2.42. The summed E-state index contributed by atoms with van der Waals surface area (Å²) in [5, 5.41) is 5.41. The molecule has 0 saturated carbocycles. The number of hydrogen-bond donors (Lipinski definition) is 2. The molecule has 2 unspecified atom stereocenters. The summed E-state index contributed by atoms with van der Waals surface area (Å²) < 4.78 is 29.9. The van der Waals surface area contributed by atoms with Crippen molar-refractivity contribution in [3.05, 3.63) is 0 Å². The second-order valence-corrected chi connectivity index (χ2v) is 6.03. The lowest BCUT2D eigenvalue weighted by Crippen LogP contribution is -2.49. The van der Waals surface area contributed by atoms with Gasteiger partial charge in [-0.2, -0.15) is 0 Å². The molecule has 0 heterocycles. The first-order valence-corrected chi connectivity index (χ1v) is 6.54. The molecule has 2 atom stereocenters. The Balaban J connectivity index is 4.31. The lowest BCUT2D eigenvalue weighted by atomic mass is 10.0. The van der Waals surface area contributed by atoms with E-state index >= 15 is 0 Å². The number of carbonyl (C=O) groups is 1. The molecule has 6 heteroatoms. The van der Waals surface area contributed by atoms with E-state index in [1.165, 1.54) is 6.92 Å². The van der Waals surface area contributed by atoms with E-state index < -0.39 is 24.2 Å². The van der Waals surface area contributed by atoms with Crippen molar-refractivity contribution in [2.75, 3.05) is 6.54 Å². The smallest absolute Gasteiger partial charge is 0.407 e. The van der Waals surface area contributed by atoms with Gasteiger partial charge in [-0.05, 0) is 33.6 Å². The van der Waals surface area contributed by atoms with Crippen molar-refractivity contribution in [2.24, 2.45) is 5.92 Å². The number of rotatable bonds is 6. The predicted octanol–water partition coefficient (Wildman–Crippen LogP) is 2.78. The van der Waals surface area contributed by atoms with E-state index in [4.69, 9.17) is 4.74 Å². The van der Waals surface area contributed by atoms with E-state index in [-0.39, 0.29) is 18.5 Å². The summed E-state index contributed by atoms with van der Waals surface area (Å²) >= 11 is 0. The summed E-state index contributed by atoms with van der Waals surface area (Å²) in [6.45, 7) is 10.8. The molecule has 0 spiro atoms. The van der Waals surface area contributed by atoms with E-state index in [0.717, 1.165) is 0 Å². The minimum absolute atomic E-state index is 0.116. The minimum Gasteiger partial charge on any atom is -0.444 e. The molecule has 0 aliphatic rings. The first-order chi connectivity index (χ1) is 8.53. The summed E-state index contributed by atoms with van der Waals surface area (Å²) in [5.41, 5.74) is -0.574. The molecule has 114 valence electrons. The fraction of sp³-hybridized carbons (Fsp3) is 0.923. The maximum Gasteiger partial charge on any atom is 0.407 e. The van der Waals surface area contributed by atoms with Crippen molar-refractivity contribution >= 4 is 6.09 Å². The molecule has 4 nitrogen and oxygen atoms in total. The number of alkyl halides is 2. The largest absolute Gasteiger partial charge is 0.444 e. The second kappa shape index (κ2) is 7.62. The molecule has 0 bridgehead atoms. The standard InChI is InChI=1S/C13H26F2N2O2/c1-8(2)10(7-16-9(3)11(14)15)17-12(18)19-13(4,5)6/h8-11,16H,7H2,1-6H3,(H,17,18). The average Bonchev–Trinajstić information content (AvgIpc) is 2.20. The zero-order valence-corrected chi connectivity index (χ0v) is 12.6. The molecule has 0 saturated heterocycles. The van der Waals surface area contributed by atoms with Gasteiger partial charge in [0.25, 0.3) is 6.43 Å². The Morgan fingerprint density at radius 2 is 1.74 bits per heavy atom. The van der Waals surface area contributed by atoms with Gasteiger partial charge >= 0.3 is 6.09 Å². The van der Waals surface area contributed by atoms with E-state index in [2.05, 4.69) is 10.6 Å². The zero-order valence-electron chi connectivity index (χ0n) is 12.6. The highest BCUT2D eigenvalue weighted by Gasteiger charge is 2.23. The average molecular weight is 280 g/mol. The second-order valence-electron chi connectivity index (χ2n) is 6.03. The number of amides is 1. The van der Waals surface area contributed by atoms with Crippen molar-refractivity contribution < 1.29 is 18.3 Å². The van der Waals surface area contributed by atoms with Crippen LogP contribution < -0.4 is 10.6 Å². The van der Waals surface area contributed by atoms with Gasteiger partial charge in [-0.25, -0.2) is 13.6 Å². The third-order valence-electron chi connectivity index (χ3n) is 2.54. The van der Waals surface area contributed by atoms with Gasteiger partial charge < -0.3 is 15.4 Å². The molecular formula is C13H26F2N2O2. The topological polar surface area (TPSA) is 50.4 Å². The Morgan fingerprint density at radius 1 is 1.21 bits per heavy atom. The van der Waals surface area contributed by atoms with E-state index in [9.17, 15) is 13.6 Å². The fourth-order valence-corrected chi connectivity index (χ4v) is 1.31. The quantitative estimate of drug-likeness (QED) is 0.786. The third kappa shape index (κ3) is 8.75. The van der Waals surface area contributed by atoms with Gasteiger partial charge in [0.15, 0.2) is 0 Å². The summed E-state index contributed by atoms with van der Waals surface area (Å²) in [6, 6.07) is -1.15. The van der Waals surface area contributed by atoms with Gasteiger partial charge in [-0.15, -0.1) is 0 Å². The van der Waals surface area contributed by atoms with Crippen LogP contribution in [-0.2, 0) is 4.74 Å². The van der Waals surface area contributed by atoms with Crippen LogP contribution in [0.4, 0.5) is 13.6 Å². The van der Waals surface area contributed by atoms with Crippen molar-refractivity contribution in [3.63, 3.8) is 0 Å². The van der Waals surface area contributed by atoms with Gasteiger partial charge in [0.2, 0.25) is 0 Å². The monoisotopic (exact) mass is 280 g/mol. The van der Waals surface area contributed by atoms with Crippen LogP contribution in [0.25, 0.3) is 0 Å². The SMILES string of the molecule is CC(C)C(CNC(C)C(F)F)NC(=O)OC(C)(C)C. The molecule has 2 N–H and O–H groups in total. The summed E-state index contributed by atoms with van der Waals surface area (Å²) in [4.78, 5) is 11.6. The van der Waals surface area contributed by atoms with Crippen LogP contribution in [0.3, 0.4) is 0 Å². The normalized spacial score (nSPS) is 15.5. The molecule has 1 amide bonds.